The van der Waals surface area contributed by atoms with Gasteiger partial charge in [0.25, 0.3) is 0 Å². The van der Waals surface area contributed by atoms with Gasteiger partial charge in [-0.2, -0.15) is 0 Å². The van der Waals surface area contributed by atoms with Crippen LogP contribution in [0.25, 0.3) is 0 Å². The SMILES string of the molecule is C=CS(=O)(=O)[O-].C=CS(=O)(=O)[O-].[K+].[Na+]. The molecule has 0 saturated carbocycles. The second-order valence-corrected chi connectivity index (χ2v) is 3.96. The Morgan fingerprint density at radius 2 is 0.929 bits per heavy atom. The molecule has 0 N–H and O–H groups in total. The van der Waals surface area contributed by atoms with E-state index in [2.05, 4.69) is 13.2 Å². The van der Waals surface area contributed by atoms with E-state index in [4.69, 9.17) is 0 Å². The summed E-state index contributed by atoms with van der Waals surface area (Å²) in [6.45, 7) is 5.46. The summed E-state index contributed by atoms with van der Waals surface area (Å²) in [5, 5.41) is 0.708. The molecule has 0 aromatic heterocycles. The van der Waals surface area contributed by atoms with Crippen molar-refractivity contribution in [3.8, 4) is 0 Å². The van der Waals surface area contributed by atoms with E-state index in [0.717, 1.165) is 0 Å². The van der Waals surface area contributed by atoms with Gasteiger partial charge in [0.15, 0.2) is 0 Å². The van der Waals surface area contributed by atoms with E-state index in [-0.39, 0.29) is 80.9 Å². The van der Waals surface area contributed by atoms with Gasteiger partial charge in [0, 0.05) is 10.8 Å². The van der Waals surface area contributed by atoms with Crippen molar-refractivity contribution in [1.82, 2.24) is 0 Å². The standard InChI is InChI=1S/2C2H4O3S.K.Na/c2*1-2-6(3,4)5;;/h2*2H,1H2,(H,3,4,5);;/q;;2*+1/p-2. The Labute approximate surface area is 148 Å². The van der Waals surface area contributed by atoms with Gasteiger partial charge in [-0.25, -0.2) is 16.8 Å². The summed E-state index contributed by atoms with van der Waals surface area (Å²) < 4.78 is 56.0. The first-order chi connectivity index (χ1) is 5.12. The van der Waals surface area contributed by atoms with Crippen molar-refractivity contribution in [3.63, 3.8) is 0 Å². The fourth-order valence-corrected chi connectivity index (χ4v) is 0. The summed E-state index contributed by atoms with van der Waals surface area (Å²) in [4.78, 5) is 0. The third-order valence-corrected chi connectivity index (χ3v) is 1.22. The van der Waals surface area contributed by atoms with Crippen LogP contribution in [0.1, 0.15) is 0 Å². The van der Waals surface area contributed by atoms with Gasteiger partial charge in [0.05, 0.1) is 0 Å². The average Bonchev–Trinajstić information content (AvgIpc) is 1.86. The Morgan fingerprint density at radius 1 is 0.857 bits per heavy atom. The average molecular weight is 276 g/mol. The Bertz CT molecular complexity index is 285. The molecule has 0 unspecified atom stereocenters. The topological polar surface area (TPSA) is 114 Å². The van der Waals surface area contributed by atoms with Gasteiger partial charge < -0.3 is 9.11 Å². The molecule has 0 aromatic rings. The minimum atomic E-state index is -4.15. The molecule has 0 spiro atoms. The number of hydrogen-bond donors (Lipinski definition) is 0. The van der Waals surface area contributed by atoms with E-state index in [9.17, 15) is 25.9 Å². The fourth-order valence-electron chi connectivity index (χ4n) is 0. The molecule has 0 atom stereocenters. The van der Waals surface area contributed by atoms with Crippen molar-refractivity contribution in [1.29, 1.82) is 0 Å². The Balaban J connectivity index is -0.0000000625. The third kappa shape index (κ3) is 37.0. The molecule has 0 aliphatic carbocycles. The van der Waals surface area contributed by atoms with Crippen LogP contribution in [0.4, 0.5) is 0 Å². The summed E-state index contributed by atoms with van der Waals surface area (Å²) in [7, 11) is -8.30. The first-order valence-electron chi connectivity index (χ1n) is 2.29. The molecule has 72 valence electrons. The number of hydrogen-bond acceptors (Lipinski definition) is 6. The maximum absolute atomic E-state index is 9.33. The predicted molar refractivity (Wildman–Crippen MR) is 39.8 cm³/mol. The minimum absolute atomic E-state index is 0. The second-order valence-electron chi connectivity index (χ2n) is 1.32. The Morgan fingerprint density at radius 3 is 0.929 bits per heavy atom. The smallest absolute Gasteiger partial charge is 0.745 e. The molecular formula is C4H6KNaO6S2. The zero-order chi connectivity index (χ0) is 10.4. The van der Waals surface area contributed by atoms with Crippen LogP contribution >= 0.6 is 0 Å². The predicted octanol–water partition coefficient (Wildman–Crippen LogP) is -6.64. The van der Waals surface area contributed by atoms with Gasteiger partial charge in [-0.05, 0) is 0 Å². The van der Waals surface area contributed by atoms with Crippen molar-refractivity contribution < 1.29 is 107 Å². The van der Waals surface area contributed by atoms with Crippen molar-refractivity contribution in [2.75, 3.05) is 0 Å². The third-order valence-electron chi connectivity index (χ3n) is 0.408. The van der Waals surface area contributed by atoms with Gasteiger partial charge in [0.1, 0.15) is 20.2 Å². The Kier molecular flexibility index (Phi) is 20.4. The fraction of sp³-hybridized carbons (Fsp3) is 0. The second kappa shape index (κ2) is 11.4. The van der Waals surface area contributed by atoms with E-state index < -0.39 is 20.2 Å². The quantitative estimate of drug-likeness (QED) is 0.366. The molecule has 0 heterocycles. The van der Waals surface area contributed by atoms with Gasteiger partial charge in [-0.15, -0.1) is 0 Å². The first-order valence-corrected chi connectivity index (χ1v) is 5.23. The normalized spacial score (nSPS) is 9.29. The van der Waals surface area contributed by atoms with E-state index >= 15 is 0 Å². The Hall–Kier alpha value is 1.94. The molecule has 14 heavy (non-hydrogen) atoms. The molecule has 0 radical (unpaired) electrons. The summed E-state index contributed by atoms with van der Waals surface area (Å²) in [5.41, 5.74) is 0. The van der Waals surface area contributed by atoms with Gasteiger partial charge >= 0.3 is 80.9 Å². The largest absolute Gasteiger partial charge is 1.00 e. The van der Waals surface area contributed by atoms with Crippen LogP contribution in [-0.4, -0.2) is 25.9 Å². The van der Waals surface area contributed by atoms with Crippen LogP contribution in [0.3, 0.4) is 0 Å². The molecule has 0 aliphatic rings. The van der Waals surface area contributed by atoms with Crippen LogP contribution in [-0.2, 0) is 20.2 Å². The van der Waals surface area contributed by atoms with Crippen LogP contribution < -0.4 is 80.9 Å². The zero-order valence-electron chi connectivity index (χ0n) is 7.83. The van der Waals surface area contributed by atoms with Crippen molar-refractivity contribution >= 4 is 20.2 Å². The molecular weight excluding hydrogens is 270 g/mol. The minimum Gasteiger partial charge on any atom is -0.745 e. The van der Waals surface area contributed by atoms with Gasteiger partial charge in [-0.1, -0.05) is 13.2 Å². The van der Waals surface area contributed by atoms with Crippen molar-refractivity contribution in [2.24, 2.45) is 0 Å². The zero-order valence-corrected chi connectivity index (χ0v) is 14.6. The molecule has 0 aromatic carbocycles. The molecule has 10 heteroatoms. The molecule has 0 rings (SSSR count). The van der Waals surface area contributed by atoms with Crippen LogP contribution in [0.15, 0.2) is 24.0 Å². The monoisotopic (exact) mass is 276 g/mol. The van der Waals surface area contributed by atoms with Crippen LogP contribution in [0.5, 0.6) is 0 Å². The van der Waals surface area contributed by atoms with E-state index in [1.54, 1.807) is 0 Å². The molecule has 0 bridgehead atoms. The summed E-state index contributed by atoms with van der Waals surface area (Å²) in [6.07, 6.45) is 0. The van der Waals surface area contributed by atoms with Crippen LogP contribution in [0, 0.1) is 0 Å². The summed E-state index contributed by atoms with van der Waals surface area (Å²) in [6, 6.07) is 0. The summed E-state index contributed by atoms with van der Waals surface area (Å²) in [5.74, 6) is 0. The van der Waals surface area contributed by atoms with Gasteiger partial charge in [0.2, 0.25) is 0 Å². The molecule has 0 fully saturated rings. The van der Waals surface area contributed by atoms with Crippen LogP contribution in [0.2, 0.25) is 0 Å². The van der Waals surface area contributed by atoms with Gasteiger partial charge in [-0.3, -0.25) is 0 Å². The molecule has 6 nitrogen and oxygen atoms in total. The van der Waals surface area contributed by atoms with E-state index in [0.29, 0.717) is 10.8 Å². The molecule has 0 aliphatic heterocycles. The maximum Gasteiger partial charge on any atom is 1.00 e. The van der Waals surface area contributed by atoms with Crippen molar-refractivity contribution in [2.45, 2.75) is 0 Å². The maximum atomic E-state index is 9.33. The molecule has 0 saturated heterocycles. The van der Waals surface area contributed by atoms with E-state index in [1.807, 2.05) is 0 Å². The molecule has 0 amide bonds. The van der Waals surface area contributed by atoms with Crippen molar-refractivity contribution in [3.05, 3.63) is 24.0 Å². The van der Waals surface area contributed by atoms with E-state index in [1.165, 1.54) is 0 Å². The number of rotatable bonds is 2. The summed E-state index contributed by atoms with van der Waals surface area (Å²) >= 11 is 0. The first kappa shape index (κ1) is 25.0.